The molecule has 0 unspecified atom stereocenters. The molecule has 16 heavy (non-hydrogen) atoms. The van der Waals surface area contributed by atoms with E-state index in [1.165, 1.54) is 0 Å². The second kappa shape index (κ2) is 5.92. The molecule has 3 N–H and O–H groups in total. The molecule has 0 aliphatic rings. The summed E-state index contributed by atoms with van der Waals surface area (Å²) in [6.07, 6.45) is 0.580. The van der Waals surface area contributed by atoms with E-state index in [4.69, 9.17) is 12.2 Å². The van der Waals surface area contributed by atoms with Crippen LogP contribution in [-0.2, 0) is 4.79 Å². The summed E-state index contributed by atoms with van der Waals surface area (Å²) in [5.41, 5.74) is 6.86. The number of hydrogen-bond acceptors (Lipinski definition) is 3. The van der Waals surface area contributed by atoms with Crippen molar-refractivity contribution in [3.8, 4) is 0 Å². The van der Waals surface area contributed by atoms with Crippen molar-refractivity contribution < 1.29 is 4.79 Å². The highest BCUT2D eigenvalue weighted by Crippen LogP contribution is 2.16. The van der Waals surface area contributed by atoms with E-state index in [1.54, 1.807) is 7.05 Å². The number of thiocarbonyl (C=S) groups is 1. The van der Waals surface area contributed by atoms with E-state index in [9.17, 15) is 4.79 Å². The summed E-state index contributed by atoms with van der Waals surface area (Å²) in [7, 11) is 3.66. The van der Waals surface area contributed by atoms with E-state index >= 15 is 0 Å². The molecular weight excluding hydrogens is 224 g/mol. The van der Waals surface area contributed by atoms with E-state index in [2.05, 4.69) is 16.2 Å². The van der Waals surface area contributed by atoms with Crippen LogP contribution in [-0.4, -0.2) is 25.6 Å². The van der Waals surface area contributed by atoms with Crippen LogP contribution in [0, 0.1) is 0 Å². The third-order valence-corrected chi connectivity index (χ3v) is 2.53. The summed E-state index contributed by atoms with van der Waals surface area (Å²) in [4.78, 5) is 11.9. The van der Waals surface area contributed by atoms with Crippen molar-refractivity contribution >= 4 is 35.1 Å². The number of carbonyl (C=O) groups excluding carboxylic acids is 1. The van der Waals surface area contributed by atoms with Crippen LogP contribution in [0.1, 0.15) is 0 Å². The van der Waals surface area contributed by atoms with Gasteiger partial charge in [-0.15, -0.1) is 0 Å². The molecule has 0 spiro atoms. The fraction of sp³-hybridized carbons (Fsp3) is 0.200. The Bertz CT molecular complexity index is 366. The molecule has 0 aliphatic heterocycles. The summed E-state index contributed by atoms with van der Waals surface area (Å²) >= 11 is 5.10. The van der Waals surface area contributed by atoms with Crippen LogP contribution in [0.5, 0.6) is 0 Å². The lowest BCUT2D eigenvalue weighted by Crippen LogP contribution is -2.34. The third kappa shape index (κ3) is 3.09. The molecule has 0 fully saturated rings. The SMILES string of the molecule is CNC(=S)N(C)c1ccc(NNC=O)cc1. The van der Waals surface area contributed by atoms with Gasteiger partial charge in [-0.1, -0.05) is 0 Å². The zero-order valence-electron chi connectivity index (χ0n) is 9.15. The zero-order chi connectivity index (χ0) is 12.0. The van der Waals surface area contributed by atoms with Gasteiger partial charge in [0.05, 0.1) is 5.69 Å². The second-order valence-electron chi connectivity index (χ2n) is 3.05. The van der Waals surface area contributed by atoms with Gasteiger partial charge in [0.25, 0.3) is 0 Å². The van der Waals surface area contributed by atoms with Crippen LogP contribution in [0.25, 0.3) is 0 Å². The van der Waals surface area contributed by atoms with Crippen molar-refractivity contribution in [3.63, 3.8) is 0 Å². The van der Waals surface area contributed by atoms with Crippen LogP contribution in [0.2, 0.25) is 0 Å². The highest BCUT2D eigenvalue weighted by Gasteiger charge is 2.04. The highest BCUT2D eigenvalue weighted by molar-refractivity contribution is 7.80. The summed E-state index contributed by atoms with van der Waals surface area (Å²) in [5, 5.41) is 3.54. The Labute approximate surface area is 99.8 Å². The number of benzene rings is 1. The standard InChI is InChI=1S/C10H14N4OS/c1-11-10(16)14(2)9-5-3-8(4-6-9)13-12-7-15/h3-7,13H,1-2H3,(H,11,16)(H,12,15). The van der Waals surface area contributed by atoms with E-state index in [1.807, 2.05) is 36.2 Å². The zero-order valence-corrected chi connectivity index (χ0v) is 9.97. The summed E-state index contributed by atoms with van der Waals surface area (Å²) in [5.74, 6) is 0. The van der Waals surface area contributed by atoms with Gasteiger partial charge in [-0.25, -0.2) is 0 Å². The highest BCUT2D eigenvalue weighted by atomic mass is 32.1. The van der Waals surface area contributed by atoms with Crippen LogP contribution < -0.4 is 21.1 Å². The minimum absolute atomic E-state index is 0.580. The predicted molar refractivity (Wildman–Crippen MR) is 69.3 cm³/mol. The average Bonchev–Trinajstić information content (AvgIpc) is 2.35. The monoisotopic (exact) mass is 238 g/mol. The molecule has 1 aromatic rings. The Hall–Kier alpha value is -1.82. The maximum atomic E-state index is 10.1. The smallest absolute Gasteiger partial charge is 0.225 e. The number of nitrogens with zero attached hydrogens (tertiary/aromatic N) is 1. The normalized spacial score (nSPS) is 9.12. The summed E-state index contributed by atoms with van der Waals surface area (Å²) in [6.45, 7) is 0. The maximum absolute atomic E-state index is 10.1. The fourth-order valence-electron chi connectivity index (χ4n) is 1.17. The molecule has 0 radical (unpaired) electrons. The Morgan fingerprint density at radius 3 is 2.50 bits per heavy atom. The topological polar surface area (TPSA) is 56.4 Å². The van der Waals surface area contributed by atoms with Gasteiger partial charge in [-0.05, 0) is 36.5 Å². The molecule has 86 valence electrons. The Morgan fingerprint density at radius 2 is 2.00 bits per heavy atom. The number of nitrogens with one attached hydrogen (secondary N) is 3. The summed E-state index contributed by atoms with van der Waals surface area (Å²) < 4.78 is 0. The van der Waals surface area contributed by atoms with Crippen molar-refractivity contribution in [1.82, 2.24) is 10.7 Å². The molecule has 1 rings (SSSR count). The number of hydrazine groups is 1. The van der Waals surface area contributed by atoms with Crippen molar-refractivity contribution in [2.45, 2.75) is 0 Å². The number of anilines is 2. The fourth-order valence-corrected chi connectivity index (χ4v) is 1.27. The lowest BCUT2D eigenvalue weighted by atomic mass is 10.3. The first-order valence-electron chi connectivity index (χ1n) is 4.69. The molecule has 1 amide bonds. The van der Waals surface area contributed by atoms with Crippen LogP contribution >= 0.6 is 12.2 Å². The van der Waals surface area contributed by atoms with Gasteiger partial charge in [-0.3, -0.25) is 15.6 Å². The molecule has 0 saturated heterocycles. The molecule has 0 saturated carbocycles. The van der Waals surface area contributed by atoms with E-state index < -0.39 is 0 Å². The molecule has 1 aromatic carbocycles. The molecule has 0 aliphatic carbocycles. The van der Waals surface area contributed by atoms with Crippen molar-refractivity contribution in [2.24, 2.45) is 0 Å². The third-order valence-electron chi connectivity index (χ3n) is 2.05. The molecular formula is C10H14N4OS. The van der Waals surface area contributed by atoms with Crippen LogP contribution in [0.4, 0.5) is 11.4 Å². The van der Waals surface area contributed by atoms with Crippen molar-refractivity contribution in [3.05, 3.63) is 24.3 Å². The van der Waals surface area contributed by atoms with Crippen molar-refractivity contribution in [2.75, 3.05) is 24.4 Å². The maximum Gasteiger partial charge on any atom is 0.225 e. The van der Waals surface area contributed by atoms with E-state index in [0.717, 1.165) is 11.4 Å². The Kier molecular flexibility index (Phi) is 4.53. The Balaban J connectivity index is 2.70. The van der Waals surface area contributed by atoms with Crippen LogP contribution in [0.15, 0.2) is 24.3 Å². The largest absolute Gasteiger partial charge is 0.365 e. The number of carbonyl (C=O) groups is 1. The number of rotatable bonds is 4. The van der Waals surface area contributed by atoms with Gasteiger partial charge in [0, 0.05) is 19.8 Å². The molecule has 0 bridgehead atoms. The lowest BCUT2D eigenvalue weighted by molar-refractivity contribution is -0.109. The Morgan fingerprint density at radius 1 is 1.38 bits per heavy atom. The van der Waals surface area contributed by atoms with Crippen LogP contribution in [0.3, 0.4) is 0 Å². The second-order valence-corrected chi connectivity index (χ2v) is 3.43. The van der Waals surface area contributed by atoms with Gasteiger partial charge in [0.15, 0.2) is 5.11 Å². The van der Waals surface area contributed by atoms with E-state index in [0.29, 0.717) is 11.5 Å². The lowest BCUT2D eigenvalue weighted by Gasteiger charge is -2.19. The molecule has 0 aromatic heterocycles. The van der Waals surface area contributed by atoms with Gasteiger partial charge in [0.1, 0.15) is 0 Å². The molecule has 5 nitrogen and oxygen atoms in total. The van der Waals surface area contributed by atoms with Gasteiger partial charge in [-0.2, -0.15) is 0 Å². The average molecular weight is 238 g/mol. The molecule has 0 atom stereocenters. The molecule has 0 heterocycles. The number of amides is 1. The predicted octanol–water partition coefficient (Wildman–Crippen LogP) is 0.700. The first-order valence-corrected chi connectivity index (χ1v) is 5.10. The van der Waals surface area contributed by atoms with E-state index in [-0.39, 0.29) is 0 Å². The van der Waals surface area contributed by atoms with Gasteiger partial charge < -0.3 is 10.2 Å². The molecule has 6 heteroatoms. The first kappa shape index (κ1) is 12.3. The quantitative estimate of drug-likeness (QED) is 0.409. The van der Waals surface area contributed by atoms with Gasteiger partial charge >= 0.3 is 0 Å². The van der Waals surface area contributed by atoms with Gasteiger partial charge in [0.2, 0.25) is 6.41 Å². The minimum atomic E-state index is 0.580. The summed E-state index contributed by atoms with van der Waals surface area (Å²) in [6, 6.07) is 7.50. The first-order chi connectivity index (χ1) is 7.69. The number of hydrogen-bond donors (Lipinski definition) is 3. The van der Waals surface area contributed by atoms with Crippen molar-refractivity contribution in [1.29, 1.82) is 0 Å². The minimum Gasteiger partial charge on any atom is -0.365 e.